The van der Waals surface area contributed by atoms with E-state index in [1.807, 2.05) is 6.07 Å². The summed E-state index contributed by atoms with van der Waals surface area (Å²) in [7, 11) is 0. The normalized spacial score (nSPS) is 21.9. The summed E-state index contributed by atoms with van der Waals surface area (Å²) in [5, 5.41) is 8.74. The molecular formula is C14H20N2O2. The summed E-state index contributed by atoms with van der Waals surface area (Å²) in [5.74, 6) is -0.332. The SMILES string of the molecule is NC(CCN1CCC(c2ccccc2)C1)C(=O)O. The second kappa shape index (κ2) is 5.98. The molecule has 0 radical (unpaired) electrons. The van der Waals surface area contributed by atoms with Crippen LogP contribution in [-0.2, 0) is 4.79 Å². The maximum atomic E-state index is 10.6. The van der Waals surface area contributed by atoms with Gasteiger partial charge in [0.25, 0.3) is 0 Å². The molecule has 1 aromatic rings. The van der Waals surface area contributed by atoms with Gasteiger partial charge >= 0.3 is 5.97 Å². The van der Waals surface area contributed by atoms with E-state index in [-0.39, 0.29) is 0 Å². The number of hydrogen-bond donors (Lipinski definition) is 2. The van der Waals surface area contributed by atoms with E-state index in [2.05, 4.69) is 29.2 Å². The maximum absolute atomic E-state index is 10.6. The number of nitrogens with zero attached hydrogens (tertiary/aromatic N) is 1. The highest BCUT2D eigenvalue weighted by Crippen LogP contribution is 2.26. The van der Waals surface area contributed by atoms with E-state index in [0.717, 1.165) is 26.1 Å². The van der Waals surface area contributed by atoms with E-state index in [1.165, 1.54) is 5.56 Å². The van der Waals surface area contributed by atoms with Gasteiger partial charge in [-0.2, -0.15) is 0 Å². The average Bonchev–Trinajstić information content (AvgIpc) is 2.85. The molecule has 1 aliphatic rings. The van der Waals surface area contributed by atoms with Crippen LogP contribution in [0.3, 0.4) is 0 Å². The van der Waals surface area contributed by atoms with Crippen LogP contribution in [0.15, 0.2) is 30.3 Å². The summed E-state index contributed by atoms with van der Waals surface area (Å²) in [5.41, 5.74) is 6.89. The number of carbonyl (C=O) groups is 1. The average molecular weight is 248 g/mol. The van der Waals surface area contributed by atoms with Crippen molar-refractivity contribution in [3.8, 4) is 0 Å². The molecule has 1 aliphatic heterocycles. The zero-order valence-corrected chi connectivity index (χ0v) is 10.5. The van der Waals surface area contributed by atoms with Gasteiger partial charge in [-0.15, -0.1) is 0 Å². The molecular weight excluding hydrogens is 228 g/mol. The van der Waals surface area contributed by atoms with Crippen molar-refractivity contribution in [3.63, 3.8) is 0 Å². The highest BCUT2D eigenvalue weighted by atomic mass is 16.4. The van der Waals surface area contributed by atoms with Gasteiger partial charge in [0.05, 0.1) is 0 Å². The van der Waals surface area contributed by atoms with E-state index in [0.29, 0.717) is 12.3 Å². The van der Waals surface area contributed by atoms with Crippen LogP contribution in [0.4, 0.5) is 0 Å². The number of aliphatic carboxylic acids is 1. The van der Waals surface area contributed by atoms with Gasteiger partial charge in [0.1, 0.15) is 6.04 Å². The molecule has 0 bridgehead atoms. The Morgan fingerprint density at radius 3 is 2.83 bits per heavy atom. The molecule has 4 heteroatoms. The van der Waals surface area contributed by atoms with Crippen molar-refractivity contribution in [2.45, 2.75) is 24.8 Å². The smallest absolute Gasteiger partial charge is 0.320 e. The summed E-state index contributed by atoms with van der Waals surface area (Å²) in [6.45, 7) is 2.82. The van der Waals surface area contributed by atoms with Crippen molar-refractivity contribution < 1.29 is 9.90 Å². The van der Waals surface area contributed by atoms with Gasteiger partial charge in [-0.3, -0.25) is 4.79 Å². The van der Waals surface area contributed by atoms with Gasteiger partial charge in [0.2, 0.25) is 0 Å². The molecule has 0 saturated carbocycles. The molecule has 2 rings (SSSR count). The molecule has 0 aliphatic carbocycles. The van der Waals surface area contributed by atoms with Crippen LogP contribution >= 0.6 is 0 Å². The molecule has 98 valence electrons. The topological polar surface area (TPSA) is 66.6 Å². The first-order chi connectivity index (χ1) is 8.66. The Morgan fingerprint density at radius 2 is 2.17 bits per heavy atom. The van der Waals surface area contributed by atoms with Crippen LogP contribution < -0.4 is 5.73 Å². The molecule has 0 amide bonds. The zero-order chi connectivity index (χ0) is 13.0. The fraction of sp³-hybridized carbons (Fsp3) is 0.500. The van der Waals surface area contributed by atoms with Gasteiger partial charge in [-0.05, 0) is 30.9 Å². The Labute approximate surface area is 107 Å². The van der Waals surface area contributed by atoms with Gasteiger partial charge in [-0.25, -0.2) is 0 Å². The van der Waals surface area contributed by atoms with Crippen molar-refractivity contribution in [2.24, 2.45) is 5.73 Å². The quantitative estimate of drug-likeness (QED) is 0.823. The highest BCUT2D eigenvalue weighted by Gasteiger charge is 2.24. The molecule has 1 saturated heterocycles. The number of benzene rings is 1. The highest BCUT2D eigenvalue weighted by molar-refractivity contribution is 5.72. The van der Waals surface area contributed by atoms with Crippen molar-refractivity contribution in [2.75, 3.05) is 19.6 Å². The minimum Gasteiger partial charge on any atom is -0.480 e. The first kappa shape index (κ1) is 13.1. The standard InChI is InChI=1S/C14H20N2O2/c15-13(14(17)18)7-9-16-8-6-12(10-16)11-4-2-1-3-5-11/h1-5,12-13H,6-10,15H2,(H,17,18). The Morgan fingerprint density at radius 1 is 1.44 bits per heavy atom. The van der Waals surface area contributed by atoms with Gasteiger partial charge in [-0.1, -0.05) is 30.3 Å². The molecule has 3 N–H and O–H groups in total. The van der Waals surface area contributed by atoms with Crippen LogP contribution in [0.25, 0.3) is 0 Å². The maximum Gasteiger partial charge on any atom is 0.320 e. The van der Waals surface area contributed by atoms with Crippen LogP contribution in [0.1, 0.15) is 24.3 Å². The Balaban J connectivity index is 1.80. The predicted molar refractivity (Wildman–Crippen MR) is 70.5 cm³/mol. The summed E-state index contributed by atoms with van der Waals surface area (Å²) in [4.78, 5) is 13.0. The van der Waals surface area contributed by atoms with E-state index < -0.39 is 12.0 Å². The molecule has 2 atom stereocenters. The number of hydrogen-bond acceptors (Lipinski definition) is 3. The minimum absolute atomic E-state index is 0.525. The minimum atomic E-state index is -0.909. The molecule has 1 aromatic carbocycles. The Bertz CT molecular complexity index is 394. The van der Waals surface area contributed by atoms with Crippen molar-refractivity contribution >= 4 is 5.97 Å². The molecule has 4 nitrogen and oxygen atoms in total. The predicted octanol–water partition coefficient (Wildman–Crippen LogP) is 1.28. The third kappa shape index (κ3) is 3.31. The van der Waals surface area contributed by atoms with E-state index in [9.17, 15) is 4.79 Å². The lowest BCUT2D eigenvalue weighted by atomic mass is 9.99. The lowest BCUT2D eigenvalue weighted by Crippen LogP contribution is -2.34. The van der Waals surface area contributed by atoms with Gasteiger partial charge < -0.3 is 15.7 Å². The number of carboxylic acid groups (broad SMARTS) is 1. The molecule has 18 heavy (non-hydrogen) atoms. The van der Waals surface area contributed by atoms with Crippen LogP contribution in [0, 0.1) is 0 Å². The summed E-state index contributed by atoms with van der Waals surface area (Å²) < 4.78 is 0. The number of carboxylic acids is 1. The molecule has 0 spiro atoms. The molecule has 1 heterocycles. The first-order valence-corrected chi connectivity index (χ1v) is 6.42. The lowest BCUT2D eigenvalue weighted by Gasteiger charge is -2.17. The summed E-state index contributed by atoms with van der Waals surface area (Å²) in [6.07, 6.45) is 1.67. The second-order valence-electron chi connectivity index (χ2n) is 4.93. The number of rotatable bonds is 5. The zero-order valence-electron chi connectivity index (χ0n) is 10.5. The van der Waals surface area contributed by atoms with Crippen LogP contribution in [0.2, 0.25) is 0 Å². The molecule has 1 fully saturated rings. The summed E-state index contributed by atoms with van der Waals surface area (Å²) >= 11 is 0. The van der Waals surface area contributed by atoms with E-state index >= 15 is 0 Å². The molecule has 0 aromatic heterocycles. The van der Waals surface area contributed by atoms with Crippen LogP contribution in [0.5, 0.6) is 0 Å². The van der Waals surface area contributed by atoms with E-state index in [1.54, 1.807) is 0 Å². The van der Waals surface area contributed by atoms with Crippen LogP contribution in [-0.4, -0.2) is 41.7 Å². The Kier molecular flexibility index (Phi) is 4.33. The van der Waals surface area contributed by atoms with Crippen molar-refractivity contribution in [1.82, 2.24) is 4.90 Å². The Hall–Kier alpha value is -1.39. The fourth-order valence-electron chi connectivity index (χ4n) is 2.48. The summed E-state index contributed by atoms with van der Waals surface area (Å²) in [6, 6.07) is 9.76. The first-order valence-electron chi connectivity index (χ1n) is 6.42. The van der Waals surface area contributed by atoms with Gasteiger partial charge in [0.15, 0.2) is 0 Å². The van der Waals surface area contributed by atoms with Crippen molar-refractivity contribution in [1.29, 1.82) is 0 Å². The largest absolute Gasteiger partial charge is 0.480 e. The van der Waals surface area contributed by atoms with Crippen molar-refractivity contribution in [3.05, 3.63) is 35.9 Å². The number of nitrogens with two attached hydrogens (primary N) is 1. The number of likely N-dealkylation sites (tertiary alicyclic amines) is 1. The second-order valence-corrected chi connectivity index (χ2v) is 4.93. The third-order valence-corrected chi connectivity index (χ3v) is 3.62. The monoisotopic (exact) mass is 248 g/mol. The van der Waals surface area contributed by atoms with Gasteiger partial charge in [0, 0.05) is 13.1 Å². The van der Waals surface area contributed by atoms with E-state index in [4.69, 9.17) is 10.8 Å². The fourth-order valence-corrected chi connectivity index (χ4v) is 2.48. The molecule has 2 unspecified atom stereocenters. The lowest BCUT2D eigenvalue weighted by molar-refractivity contribution is -0.138. The third-order valence-electron chi connectivity index (χ3n) is 3.62.